The normalized spacial score (nSPS) is 12.3. The van der Waals surface area contributed by atoms with E-state index < -0.39 is 5.82 Å². The van der Waals surface area contributed by atoms with Crippen LogP contribution in [0.5, 0.6) is 5.75 Å². The Labute approximate surface area is 162 Å². The molecule has 0 saturated carbocycles. The van der Waals surface area contributed by atoms with Crippen molar-refractivity contribution in [3.05, 3.63) is 52.5 Å². The Morgan fingerprint density at radius 1 is 1.22 bits per heavy atom. The molecule has 0 radical (unpaired) electrons. The van der Waals surface area contributed by atoms with Gasteiger partial charge in [0.1, 0.15) is 6.61 Å². The minimum atomic E-state index is -0.437. The molecule has 146 valence electrons. The molecule has 2 aromatic rings. The lowest BCUT2D eigenvalue weighted by Gasteiger charge is -2.31. The van der Waals surface area contributed by atoms with Gasteiger partial charge in [0.2, 0.25) is 5.91 Å². The van der Waals surface area contributed by atoms with Crippen molar-refractivity contribution in [3.8, 4) is 5.75 Å². The Balaban J connectivity index is 1.83. The Hall–Kier alpha value is -2.41. The molecule has 0 aliphatic heterocycles. The largest absolute Gasteiger partial charge is 0.488 e. The smallest absolute Gasteiger partial charge is 0.252 e. The molecule has 1 aromatic carbocycles. The lowest BCUT2D eigenvalue weighted by atomic mass is 9.87. The summed E-state index contributed by atoms with van der Waals surface area (Å²) in [5.41, 5.74) is 0.312. The molecule has 27 heavy (non-hydrogen) atoms. The second-order valence-corrected chi connectivity index (χ2v) is 8.03. The van der Waals surface area contributed by atoms with Gasteiger partial charge in [0.15, 0.2) is 11.6 Å². The number of hydrogen-bond donors (Lipinski definition) is 2. The molecular formula is C20H25FN2O3S. The zero-order valence-electron chi connectivity index (χ0n) is 15.8. The molecule has 5 nitrogen and oxygen atoms in total. The minimum Gasteiger partial charge on any atom is -0.488 e. The summed E-state index contributed by atoms with van der Waals surface area (Å²) in [6, 6.07) is 7.59. The van der Waals surface area contributed by atoms with Crippen molar-refractivity contribution in [3.63, 3.8) is 0 Å². The van der Waals surface area contributed by atoms with Crippen LogP contribution in [0.3, 0.4) is 0 Å². The van der Waals surface area contributed by atoms with E-state index in [-0.39, 0.29) is 48.6 Å². The third-order valence-corrected chi connectivity index (χ3v) is 4.73. The quantitative estimate of drug-likeness (QED) is 0.721. The van der Waals surface area contributed by atoms with Crippen LogP contribution in [0.4, 0.5) is 4.39 Å². The maximum atomic E-state index is 13.7. The van der Waals surface area contributed by atoms with Crippen molar-refractivity contribution in [2.24, 2.45) is 5.41 Å². The van der Waals surface area contributed by atoms with Crippen molar-refractivity contribution < 1.29 is 18.7 Å². The summed E-state index contributed by atoms with van der Waals surface area (Å²) in [6.45, 7) is 6.31. The van der Waals surface area contributed by atoms with Gasteiger partial charge >= 0.3 is 0 Å². The molecular weight excluding hydrogens is 367 g/mol. The van der Waals surface area contributed by atoms with Crippen LogP contribution in [0.15, 0.2) is 41.1 Å². The van der Waals surface area contributed by atoms with Crippen molar-refractivity contribution in [1.82, 2.24) is 10.6 Å². The maximum Gasteiger partial charge on any atom is 0.252 e. The molecule has 1 atom stereocenters. The number of para-hydroxylation sites is 1. The molecule has 1 aromatic heterocycles. The molecule has 0 aliphatic carbocycles. The van der Waals surface area contributed by atoms with Gasteiger partial charge in [0.25, 0.3) is 5.91 Å². The Bertz CT molecular complexity index is 757. The molecule has 1 heterocycles. The number of carbonyl (C=O) groups excluding carboxylic acids is 2. The monoisotopic (exact) mass is 392 g/mol. The molecule has 0 bridgehead atoms. The number of amides is 2. The summed E-state index contributed by atoms with van der Waals surface area (Å²) in [5.74, 6) is -0.673. The number of benzene rings is 1. The lowest BCUT2D eigenvalue weighted by Crippen LogP contribution is -2.48. The predicted octanol–water partition coefficient (Wildman–Crippen LogP) is 3.62. The highest BCUT2D eigenvalue weighted by molar-refractivity contribution is 7.08. The highest BCUT2D eigenvalue weighted by atomic mass is 32.1. The van der Waals surface area contributed by atoms with Gasteiger partial charge in [-0.05, 0) is 29.0 Å². The fourth-order valence-corrected chi connectivity index (χ4v) is 2.93. The fourth-order valence-electron chi connectivity index (χ4n) is 2.29. The van der Waals surface area contributed by atoms with Crippen LogP contribution in [0.1, 0.15) is 37.6 Å². The molecule has 7 heteroatoms. The molecule has 0 aliphatic rings. The SMILES string of the molecule is CC(C)(C)C(COc1ccccc1F)NC(=O)CCNC(=O)c1ccsc1. The van der Waals surface area contributed by atoms with Gasteiger partial charge in [-0.1, -0.05) is 32.9 Å². The molecule has 2 rings (SSSR count). The molecule has 1 unspecified atom stereocenters. The van der Waals surface area contributed by atoms with Crippen molar-refractivity contribution in [2.45, 2.75) is 33.2 Å². The zero-order chi connectivity index (χ0) is 19.9. The van der Waals surface area contributed by atoms with Crippen molar-refractivity contribution in [2.75, 3.05) is 13.2 Å². The zero-order valence-corrected chi connectivity index (χ0v) is 16.6. The first-order chi connectivity index (χ1) is 12.8. The van der Waals surface area contributed by atoms with Gasteiger partial charge in [-0.25, -0.2) is 4.39 Å². The van der Waals surface area contributed by atoms with Crippen LogP contribution in [0.2, 0.25) is 0 Å². The maximum absolute atomic E-state index is 13.7. The summed E-state index contributed by atoms with van der Waals surface area (Å²) in [4.78, 5) is 24.1. The first-order valence-corrected chi connectivity index (χ1v) is 9.68. The summed E-state index contributed by atoms with van der Waals surface area (Å²) >= 11 is 1.44. The third kappa shape index (κ3) is 6.67. The van der Waals surface area contributed by atoms with Crippen LogP contribution >= 0.6 is 11.3 Å². The van der Waals surface area contributed by atoms with Crippen LogP contribution in [0.25, 0.3) is 0 Å². The topological polar surface area (TPSA) is 67.4 Å². The first-order valence-electron chi connectivity index (χ1n) is 8.74. The predicted molar refractivity (Wildman–Crippen MR) is 105 cm³/mol. The highest BCUT2D eigenvalue weighted by Crippen LogP contribution is 2.22. The van der Waals surface area contributed by atoms with Gasteiger partial charge in [0, 0.05) is 23.9 Å². The Morgan fingerprint density at radius 3 is 2.59 bits per heavy atom. The van der Waals surface area contributed by atoms with E-state index in [4.69, 9.17) is 4.74 Å². The van der Waals surface area contributed by atoms with E-state index in [1.807, 2.05) is 26.2 Å². The minimum absolute atomic E-state index is 0.150. The summed E-state index contributed by atoms with van der Waals surface area (Å²) in [5, 5.41) is 9.22. The lowest BCUT2D eigenvalue weighted by molar-refractivity contribution is -0.122. The molecule has 0 saturated heterocycles. The van der Waals surface area contributed by atoms with Crippen LogP contribution in [-0.4, -0.2) is 31.0 Å². The van der Waals surface area contributed by atoms with Gasteiger partial charge in [-0.15, -0.1) is 0 Å². The average Bonchev–Trinajstić information content (AvgIpc) is 3.13. The second-order valence-electron chi connectivity index (χ2n) is 7.25. The number of carbonyl (C=O) groups is 2. The number of hydrogen-bond acceptors (Lipinski definition) is 4. The van der Waals surface area contributed by atoms with E-state index in [0.717, 1.165) is 0 Å². The van der Waals surface area contributed by atoms with E-state index in [1.165, 1.54) is 17.4 Å². The first kappa shape index (κ1) is 20.9. The van der Waals surface area contributed by atoms with Gasteiger partial charge in [0.05, 0.1) is 6.04 Å². The highest BCUT2D eigenvalue weighted by Gasteiger charge is 2.27. The molecule has 0 fully saturated rings. The van der Waals surface area contributed by atoms with Crippen LogP contribution < -0.4 is 15.4 Å². The van der Waals surface area contributed by atoms with Crippen LogP contribution in [0, 0.1) is 11.2 Å². The van der Waals surface area contributed by atoms with Gasteiger partial charge in [-0.2, -0.15) is 11.3 Å². The molecule has 0 spiro atoms. The van der Waals surface area contributed by atoms with Gasteiger partial charge < -0.3 is 15.4 Å². The van der Waals surface area contributed by atoms with E-state index in [9.17, 15) is 14.0 Å². The molecule has 2 N–H and O–H groups in total. The van der Waals surface area contributed by atoms with E-state index in [1.54, 1.807) is 29.6 Å². The van der Waals surface area contributed by atoms with Crippen LogP contribution in [-0.2, 0) is 4.79 Å². The molecule has 2 amide bonds. The number of thiophene rings is 1. The van der Waals surface area contributed by atoms with Crippen molar-refractivity contribution in [1.29, 1.82) is 0 Å². The number of rotatable bonds is 8. The number of halogens is 1. The summed E-state index contributed by atoms with van der Waals surface area (Å²) in [6.07, 6.45) is 0.155. The third-order valence-electron chi connectivity index (χ3n) is 4.04. The number of nitrogens with one attached hydrogen (secondary N) is 2. The standard InChI is InChI=1S/C20H25FN2O3S/c1-20(2,3)17(12-26-16-7-5-4-6-15(16)21)23-18(24)8-10-22-19(25)14-9-11-27-13-14/h4-7,9,11,13,17H,8,10,12H2,1-3H3,(H,22,25)(H,23,24). The Morgan fingerprint density at radius 2 is 1.96 bits per heavy atom. The number of ether oxygens (including phenoxy) is 1. The van der Waals surface area contributed by atoms with E-state index in [0.29, 0.717) is 5.56 Å². The second kappa shape index (κ2) is 9.50. The Kier molecular flexibility index (Phi) is 7.36. The summed E-state index contributed by atoms with van der Waals surface area (Å²) in [7, 11) is 0. The summed E-state index contributed by atoms with van der Waals surface area (Å²) < 4.78 is 19.3. The van der Waals surface area contributed by atoms with Crippen molar-refractivity contribution >= 4 is 23.2 Å². The fraction of sp³-hybridized carbons (Fsp3) is 0.400. The van der Waals surface area contributed by atoms with Gasteiger partial charge in [-0.3, -0.25) is 9.59 Å². The van der Waals surface area contributed by atoms with E-state index in [2.05, 4.69) is 10.6 Å². The van der Waals surface area contributed by atoms with E-state index >= 15 is 0 Å². The average molecular weight is 392 g/mol.